The van der Waals surface area contributed by atoms with Gasteiger partial charge in [0.2, 0.25) is 0 Å². The molecule has 244 valence electrons. The molecule has 0 aliphatic carbocycles. The monoisotopic (exact) mass is 663 g/mol. The molecule has 2 nitrogen and oxygen atoms in total. The normalized spacial score (nSPS) is 11.5. The number of furan rings is 1. The van der Waals surface area contributed by atoms with Gasteiger partial charge in [0.25, 0.3) is 0 Å². The van der Waals surface area contributed by atoms with Gasteiger partial charge in [-0.25, -0.2) is 0 Å². The fourth-order valence-electron chi connectivity index (χ4n) is 7.72. The topological polar surface area (TPSA) is 16.4 Å². The quantitative estimate of drug-likeness (QED) is 0.176. The highest BCUT2D eigenvalue weighted by Crippen LogP contribution is 2.46. The van der Waals surface area contributed by atoms with Crippen LogP contribution < -0.4 is 4.90 Å². The first-order valence-corrected chi connectivity index (χ1v) is 17.8. The number of hydrogen-bond acceptors (Lipinski definition) is 2. The molecule has 0 unspecified atom stereocenters. The lowest BCUT2D eigenvalue weighted by molar-refractivity contribution is 0.670. The molecule has 0 aliphatic heterocycles. The summed E-state index contributed by atoms with van der Waals surface area (Å²) in [5.41, 5.74) is 12.0. The van der Waals surface area contributed by atoms with E-state index < -0.39 is 0 Å². The summed E-state index contributed by atoms with van der Waals surface area (Å²) in [6.45, 7) is 0. The largest absolute Gasteiger partial charge is 0.455 e. The number of para-hydroxylation sites is 3. The van der Waals surface area contributed by atoms with E-state index in [0.29, 0.717) is 0 Å². The predicted octanol–water partition coefficient (Wildman–Crippen LogP) is 14.4. The summed E-state index contributed by atoms with van der Waals surface area (Å²) in [7, 11) is 0. The molecular formula is C50H33NO. The van der Waals surface area contributed by atoms with Crippen LogP contribution in [0, 0.1) is 0 Å². The van der Waals surface area contributed by atoms with E-state index in [4.69, 9.17) is 4.42 Å². The van der Waals surface area contributed by atoms with Crippen LogP contribution in [0.15, 0.2) is 205 Å². The lowest BCUT2D eigenvalue weighted by Crippen LogP contribution is -2.11. The molecule has 0 N–H and O–H groups in total. The number of nitrogens with zero attached hydrogens (tertiary/aromatic N) is 1. The molecule has 0 spiro atoms. The van der Waals surface area contributed by atoms with E-state index in [9.17, 15) is 0 Å². The van der Waals surface area contributed by atoms with Crippen LogP contribution >= 0.6 is 0 Å². The highest BCUT2D eigenvalue weighted by atomic mass is 16.3. The zero-order chi connectivity index (χ0) is 34.4. The molecule has 0 bridgehead atoms. The van der Waals surface area contributed by atoms with E-state index in [1.165, 1.54) is 43.8 Å². The van der Waals surface area contributed by atoms with Gasteiger partial charge in [0, 0.05) is 33.0 Å². The Balaban J connectivity index is 1.11. The number of hydrogen-bond donors (Lipinski definition) is 0. The van der Waals surface area contributed by atoms with Crippen LogP contribution in [0.4, 0.5) is 17.1 Å². The second-order valence-electron chi connectivity index (χ2n) is 13.3. The Kier molecular flexibility index (Phi) is 7.18. The maximum Gasteiger partial charge on any atom is 0.143 e. The van der Waals surface area contributed by atoms with E-state index in [0.717, 1.165) is 50.1 Å². The van der Waals surface area contributed by atoms with Gasteiger partial charge >= 0.3 is 0 Å². The molecule has 10 rings (SSSR count). The van der Waals surface area contributed by atoms with Crippen molar-refractivity contribution in [3.05, 3.63) is 200 Å². The van der Waals surface area contributed by atoms with Crippen molar-refractivity contribution in [2.45, 2.75) is 0 Å². The minimum atomic E-state index is 0.897. The first-order chi connectivity index (χ1) is 25.8. The highest BCUT2D eigenvalue weighted by Gasteiger charge is 2.21. The molecule has 0 saturated carbocycles. The van der Waals surface area contributed by atoms with Gasteiger partial charge in [-0.15, -0.1) is 0 Å². The van der Waals surface area contributed by atoms with Crippen LogP contribution in [0.1, 0.15) is 0 Å². The van der Waals surface area contributed by atoms with Crippen molar-refractivity contribution in [3.63, 3.8) is 0 Å². The summed E-state index contributed by atoms with van der Waals surface area (Å²) in [6, 6.07) is 71.7. The van der Waals surface area contributed by atoms with Crippen molar-refractivity contribution in [3.8, 4) is 33.4 Å². The van der Waals surface area contributed by atoms with Crippen molar-refractivity contribution in [1.29, 1.82) is 0 Å². The summed E-state index contributed by atoms with van der Waals surface area (Å²) in [5.74, 6) is 0. The SMILES string of the molecule is c1cc(-c2ccc(N(c3ccccc3-c3cccc4c3oc3ccccc34)c3cccc4ccccc34)cc2)cc(-c2ccc3ccccc3c2)c1. The summed E-state index contributed by atoms with van der Waals surface area (Å²) in [6.07, 6.45) is 0. The molecule has 2 heteroatoms. The zero-order valence-corrected chi connectivity index (χ0v) is 28.4. The van der Waals surface area contributed by atoms with E-state index in [-0.39, 0.29) is 0 Å². The van der Waals surface area contributed by atoms with Crippen LogP contribution in [0.25, 0.3) is 76.9 Å². The average Bonchev–Trinajstić information content (AvgIpc) is 3.61. The van der Waals surface area contributed by atoms with Crippen LogP contribution in [-0.4, -0.2) is 0 Å². The molecule has 0 fully saturated rings. The Labute approximate surface area is 302 Å². The van der Waals surface area contributed by atoms with Gasteiger partial charge in [-0.3, -0.25) is 0 Å². The van der Waals surface area contributed by atoms with Crippen molar-refractivity contribution >= 4 is 60.5 Å². The van der Waals surface area contributed by atoms with E-state index >= 15 is 0 Å². The van der Waals surface area contributed by atoms with Crippen LogP contribution in [0.3, 0.4) is 0 Å². The Morgan fingerprint density at radius 3 is 1.79 bits per heavy atom. The molecular weight excluding hydrogens is 631 g/mol. The third kappa shape index (κ3) is 5.12. The van der Waals surface area contributed by atoms with Crippen molar-refractivity contribution < 1.29 is 4.42 Å². The maximum absolute atomic E-state index is 6.56. The van der Waals surface area contributed by atoms with Crippen molar-refractivity contribution in [2.75, 3.05) is 4.90 Å². The van der Waals surface area contributed by atoms with E-state index in [1.807, 2.05) is 12.1 Å². The second-order valence-corrected chi connectivity index (χ2v) is 13.3. The summed E-state index contributed by atoms with van der Waals surface area (Å²) >= 11 is 0. The first kappa shape index (κ1) is 30.0. The Hall–Kier alpha value is -6.90. The maximum atomic E-state index is 6.56. The number of benzene rings is 9. The number of anilines is 3. The van der Waals surface area contributed by atoms with Crippen LogP contribution in [0.5, 0.6) is 0 Å². The molecule has 0 aliphatic rings. The third-order valence-corrected chi connectivity index (χ3v) is 10.3. The van der Waals surface area contributed by atoms with Gasteiger partial charge in [0.05, 0.1) is 11.4 Å². The fourth-order valence-corrected chi connectivity index (χ4v) is 7.72. The smallest absolute Gasteiger partial charge is 0.143 e. The highest BCUT2D eigenvalue weighted by molar-refractivity contribution is 6.11. The minimum absolute atomic E-state index is 0.897. The van der Waals surface area contributed by atoms with Crippen molar-refractivity contribution in [2.24, 2.45) is 0 Å². The van der Waals surface area contributed by atoms with Gasteiger partial charge in [0.1, 0.15) is 11.2 Å². The number of fused-ring (bicyclic) bond motifs is 5. The summed E-state index contributed by atoms with van der Waals surface area (Å²) in [5, 5.41) is 7.14. The van der Waals surface area contributed by atoms with Gasteiger partial charge < -0.3 is 9.32 Å². The molecule has 52 heavy (non-hydrogen) atoms. The predicted molar refractivity (Wildman–Crippen MR) is 220 cm³/mol. The van der Waals surface area contributed by atoms with Gasteiger partial charge in [0.15, 0.2) is 0 Å². The molecule has 9 aromatic carbocycles. The Morgan fingerprint density at radius 1 is 0.327 bits per heavy atom. The fraction of sp³-hybridized carbons (Fsp3) is 0. The summed E-state index contributed by atoms with van der Waals surface area (Å²) < 4.78 is 6.56. The first-order valence-electron chi connectivity index (χ1n) is 17.8. The van der Waals surface area contributed by atoms with Crippen LogP contribution in [0.2, 0.25) is 0 Å². The van der Waals surface area contributed by atoms with Gasteiger partial charge in [-0.05, 0) is 80.9 Å². The molecule has 1 heterocycles. The number of rotatable bonds is 6. The van der Waals surface area contributed by atoms with Crippen LogP contribution in [-0.2, 0) is 0 Å². The third-order valence-electron chi connectivity index (χ3n) is 10.3. The molecule has 0 amide bonds. The summed E-state index contributed by atoms with van der Waals surface area (Å²) in [4.78, 5) is 2.40. The van der Waals surface area contributed by atoms with Gasteiger partial charge in [-0.2, -0.15) is 0 Å². The minimum Gasteiger partial charge on any atom is -0.455 e. The molecule has 0 radical (unpaired) electrons. The molecule has 1 aromatic heterocycles. The molecule has 0 saturated heterocycles. The van der Waals surface area contributed by atoms with Crippen molar-refractivity contribution in [1.82, 2.24) is 0 Å². The van der Waals surface area contributed by atoms with E-state index in [1.54, 1.807) is 0 Å². The van der Waals surface area contributed by atoms with E-state index in [2.05, 4.69) is 193 Å². The van der Waals surface area contributed by atoms with Gasteiger partial charge in [-0.1, -0.05) is 158 Å². The Morgan fingerprint density at radius 2 is 0.904 bits per heavy atom. The molecule has 0 atom stereocenters. The Bertz CT molecular complexity index is 2910. The lowest BCUT2D eigenvalue weighted by atomic mass is 9.96. The molecule has 10 aromatic rings. The standard InChI is InChI=1S/C50H33NO/c1-2-14-37-33-40(27-26-34(37)12-1)39-17-9-16-38(32-39)35-28-30-41(31-29-35)51(47-24-10-15-36-13-3-4-18-42(36)47)48-23-7-5-19-43(48)45-21-11-22-46-44-20-6-8-25-49(44)52-50(45)46/h1-33H. The zero-order valence-electron chi connectivity index (χ0n) is 28.4. The lowest BCUT2D eigenvalue weighted by Gasteiger charge is -2.29. The second kappa shape index (κ2) is 12.5. The average molecular weight is 664 g/mol.